The Bertz CT molecular complexity index is 506. The lowest BCUT2D eigenvalue weighted by Gasteiger charge is -2.31. The van der Waals surface area contributed by atoms with Gasteiger partial charge < -0.3 is 9.47 Å². The van der Waals surface area contributed by atoms with Gasteiger partial charge in [0.25, 0.3) is 0 Å². The predicted molar refractivity (Wildman–Crippen MR) is 85.4 cm³/mol. The highest BCUT2D eigenvalue weighted by molar-refractivity contribution is 9.10. The molecule has 4 nitrogen and oxygen atoms in total. The van der Waals surface area contributed by atoms with Crippen molar-refractivity contribution in [2.45, 2.75) is 38.8 Å². The van der Waals surface area contributed by atoms with Crippen molar-refractivity contribution in [3.63, 3.8) is 0 Å². The summed E-state index contributed by atoms with van der Waals surface area (Å²) in [5, 5.41) is 3.47. The van der Waals surface area contributed by atoms with Crippen molar-refractivity contribution >= 4 is 21.9 Å². The van der Waals surface area contributed by atoms with Crippen molar-refractivity contribution in [2.75, 3.05) is 13.7 Å². The van der Waals surface area contributed by atoms with Crippen LogP contribution in [0.2, 0.25) is 0 Å². The SMILES string of the molecule is CCC(C)C(NC1CCOc2ccc(Br)cc21)C(=O)OC. The Morgan fingerprint density at radius 2 is 2.33 bits per heavy atom. The number of hydrogen-bond donors (Lipinski definition) is 1. The van der Waals surface area contributed by atoms with E-state index in [-0.39, 0.29) is 24.0 Å². The van der Waals surface area contributed by atoms with E-state index in [0.29, 0.717) is 6.61 Å². The summed E-state index contributed by atoms with van der Waals surface area (Å²) in [6.45, 7) is 4.80. The molecule has 1 N–H and O–H groups in total. The minimum absolute atomic E-state index is 0.101. The molecule has 1 aromatic carbocycles. The van der Waals surface area contributed by atoms with Crippen LogP contribution in [0.3, 0.4) is 0 Å². The van der Waals surface area contributed by atoms with E-state index in [2.05, 4.69) is 41.2 Å². The molecule has 0 bridgehead atoms. The van der Waals surface area contributed by atoms with E-state index >= 15 is 0 Å². The summed E-state index contributed by atoms with van der Waals surface area (Å²) in [7, 11) is 1.44. The van der Waals surface area contributed by atoms with E-state index in [4.69, 9.17) is 9.47 Å². The van der Waals surface area contributed by atoms with Gasteiger partial charge in [-0.3, -0.25) is 10.1 Å². The van der Waals surface area contributed by atoms with Gasteiger partial charge in [0.05, 0.1) is 13.7 Å². The van der Waals surface area contributed by atoms with Crippen LogP contribution in [-0.4, -0.2) is 25.7 Å². The quantitative estimate of drug-likeness (QED) is 0.821. The van der Waals surface area contributed by atoms with Crippen molar-refractivity contribution in [1.82, 2.24) is 5.32 Å². The fraction of sp³-hybridized carbons (Fsp3) is 0.562. The zero-order valence-electron chi connectivity index (χ0n) is 12.7. The highest BCUT2D eigenvalue weighted by Gasteiger charge is 2.30. The molecule has 3 atom stereocenters. The lowest BCUT2D eigenvalue weighted by atomic mass is 9.94. The molecule has 0 aliphatic carbocycles. The number of fused-ring (bicyclic) bond motifs is 1. The highest BCUT2D eigenvalue weighted by atomic mass is 79.9. The standard InChI is InChI=1S/C16H22BrNO3/c1-4-10(2)15(16(19)20-3)18-13-7-8-21-14-6-5-11(17)9-12(13)14/h5-6,9-10,13,15,18H,4,7-8H2,1-3H3. The maximum atomic E-state index is 12.0. The molecule has 1 heterocycles. The largest absolute Gasteiger partial charge is 0.493 e. The van der Waals surface area contributed by atoms with E-state index in [1.807, 2.05) is 12.1 Å². The molecule has 5 heteroatoms. The molecular weight excluding hydrogens is 334 g/mol. The number of carbonyl (C=O) groups excluding carboxylic acids is 1. The Balaban J connectivity index is 2.22. The van der Waals surface area contributed by atoms with Gasteiger partial charge in [-0.25, -0.2) is 0 Å². The fourth-order valence-corrected chi connectivity index (χ4v) is 2.96. The van der Waals surface area contributed by atoms with Gasteiger partial charge in [0.15, 0.2) is 0 Å². The average Bonchev–Trinajstić information content (AvgIpc) is 2.51. The second kappa shape index (κ2) is 7.27. The second-order valence-corrected chi connectivity index (χ2v) is 6.34. The van der Waals surface area contributed by atoms with Gasteiger partial charge in [0.1, 0.15) is 11.8 Å². The van der Waals surface area contributed by atoms with Crippen LogP contribution in [-0.2, 0) is 9.53 Å². The number of ether oxygens (including phenoxy) is 2. The monoisotopic (exact) mass is 355 g/mol. The zero-order chi connectivity index (χ0) is 15.4. The minimum Gasteiger partial charge on any atom is -0.493 e. The maximum absolute atomic E-state index is 12.0. The van der Waals surface area contributed by atoms with Gasteiger partial charge in [-0.15, -0.1) is 0 Å². The molecule has 0 spiro atoms. The molecule has 1 aliphatic rings. The van der Waals surface area contributed by atoms with Crippen molar-refractivity contribution in [2.24, 2.45) is 5.92 Å². The number of nitrogens with one attached hydrogen (secondary N) is 1. The van der Waals surface area contributed by atoms with Crippen LogP contribution >= 0.6 is 15.9 Å². The third-order valence-corrected chi connectivity index (χ3v) is 4.55. The highest BCUT2D eigenvalue weighted by Crippen LogP contribution is 2.34. The third kappa shape index (κ3) is 3.77. The van der Waals surface area contributed by atoms with Crippen LogP contribution < -0.4 is 10.1 Å². The molecule has 0 amide bonds. The first-order valence-electron chi connectivity index (χ1n) is 7.33. The van der Waals surface area contributed by atoms with Crippen molar-refractivity contribution in [3.05, 3.63) is 28.2 Å². The zero-order valence-corrected chi connectivity index (χ0v) is 14.3. The molecule has 0 saturated heterocycles. The Morgan fingerprint density at radius 3 is 3.00 bits per heavy atom. The van der Waals surface area contributed by atoms with Crippen LogP contribution in [0.1, 0.15) is 38.3 Å². The second-order valence-electron chi connectivity index (χ2n) is 5.42. The predicted octanol–water partition coefficient (Wildman–Crippen LogP) is 3.45. The van der Waals surface area contributed by atoms with Gasteiger partial charge in [-0.05, 0) is 24.1 Å². The van der Waals surface area contributed by atoms with Gasteiger partial charge in [-0.2, -0.15) is 0 Å². The van der Waals surface area contributed by atoms with Crippen LogP contribution in [0.15, 0.2) is 22.7 Å². The fourth-order valence-electron chi connectivity index (χ4n) is 2.58. The first kappa shape index (κ1) is 16.3. The van der Waals surface area contributed by atoms with E-state index in [9.17, 15) is 4.79 Å². The number of methoxy groups -OCH3 is 1. The molecule has 21 heavy (non-hydrogen) atoms. The normalized spacial score (nSPS) is 20.1. The Morgan fingerprint density at radius 1 is 1.57 bits per heavy atom. The number of rotatable bonds is 5. The Hall–Kier alpha value is -1.07. The van der Waals surface area contributed by atoms with Gasteiger partial charge >= 0.3 is 5.97 Å². The number of halogens is 1. The molecule has 0 saturated carbocycles. The first-order valence-corrected chi connectivity index (χ1v) is 8.12. The summed E-state index contributed by atoms with van der Waals surface area (Å²) in [5.41, 5.74) is 1.09. The molecule has 116 valence electrons. The summed E-state index contributed by atoms with van der Waals surface area (Å²) >= 11 is 3.49. The lowest BCUT2D eigenvalue weighted by molar-refractivity contribution is -0.144. The van der Waals surface area contributed by atoms with E-state index in [1.165, 1.54) is 7.11 Å². The minimum atomic E-state index is -0.296. The molecule has 1 aliphatic heterocycles. The van der Waals surface area contributed by atoms with E-state index in [1.54, 1.807) is 0 Å². The molecule has 0 fully saturated rings. The summed E-state index contributed by atoms with van der Waals surface area (Å²) in [6, 6.07) is 5.79. The van der Waals surface area contributed by atoms with Crippen LogP contribution in [0, 0.1) is 5.92 Å². The van der Waals surface area contributed by atoms with Crippen LogP contribution in [0.5, 0.6) is 5.75 Å². The summed E-state index contributed by atoms with van der Waals surface area (Å²) in [5.74, 6) is 0.901. The molecule has 0 radical (unpaired) electrons. The maximum Gasteiger partial charge on any atom is 0.323 e. The molecule has 0 aromatic heterocycles. The lowest BCUT2D eigenvalue weighted by Crippen LogP contribution is -2.45. The average molecular weight is 356 g/mol. The smallest absolute Gasteiger partial charge is 0.323 e. The number of carbonyl (C=O) groups is 1. The topological polar surface area (TPSA) is 47.6 Å². The number of benzene rings is 1. The van der Waals surface area contributed by atoms with Crippen molar-refractivity contribution in [3.8, 4) is 5.75 Å². The molecule has 2 rings (SSSR count). The summed E-state index contributed by atoms with van der Waals surface area (Å²) < 4.78 is 11.6. The van der Waals surface area contributed by atoms with Gasteiger partial charge in [0, 0.05) is 22.5 Å². The first-order chi connectivity index (χ1) is 10.1. The summed E-state index contributed by atoms with van der Waals surface area (Å²) in [6.07, 6.45) is 1.76. The number of esters is 1. The van der Waals surface area contributed by atoms with Gasteiger partial charge in [0.2, 0.25) is 0 Å². The van der Waals surface area contributed by atoms with Crippen molar-refractivity contribution in [1.29, 1.82) is 0 Å². The molecule has 3 unspecified atom stereocenters. The van der Waals surface area contributed by atoms with Gasteiger partial charge in [-0.1, -0.05) is 36.2 Å². The van der Waals surface area contributed by atoms with E-state index in [0.717, 1.165) is 28.6 Å². The Labute approximate surface area is 134 Å². The summed E-state index contributed by atoms with van der Waals surface area (Å²) in [4.78, 5) is 12.0. The molecular formula is C16H22BrNO3. The van der Waals surface area contributed by atoms with Crippen LogP contribution in [0.4, 0.5) is 0 Å². The Kier molecular flexibility index (Phi) is 5.65. The third-order valence-electron chi connectivity index (χ3n) is 4.06. The van der Waals surface area contributed by atoms with E-state index < -0.39 is 0 Å². The number of hydrogen-bond acceptors (Lipinski definition) is 4. The van der Waals surface area contributed by atoms with Crippen molar-refractivity contribution < 1.29 is 14.3 Å². The van der Waals surface area contributed by atoms with Crippen LogP contribution in [0.25, 0.3) is 0 Å². The molecule has 1 aromatic rings.